The lowest BCUT2D eigenvalue weighted by atomic mass is 10.2. The maximum Gasteiger partial charge on any atom is 0.128 e. The summed E-state index contributed by atoms with van der Waals surface area (Å²) in [6, 6.07) is 8.65. The highest BCUT2D eigenvalue weighted by molar-refractivity contribution is 5.17. The molecule has 1 heterocycles. The lowest BCUT2D eigenvalue weighted by Gasteiger charge is -2.02. The molecule has 2 aromatic rings. The van der Waals surface area contributed by atoms with E-state index in [1.54, 1.807) is 16.8 Å². The standard InChI is InChI=1S/C11H11FN2/c1-9-6-7-14(13-9)8-10-4-2-3-5-11(10)12/h2-7H,8H2,1H3. The molecule has 2 rings (SSSR count). The van der Waals surface area contributed by atoms with Crippen LogP contribution in [0.5, 0.6) is 0 Å². The van der Waals surface area contributed by atoms with Crippen molar-refractivity contribution in [2.24, 2.45) is 0 Å². The summed E-state index contributed by atoms with van der Waals surface area (Å²) in [5.74, 6) is -0.180. The molecule has 0 saturated carbocycles. The largest absolute Gasteiger partial charge is 0.268 e. The van der Waals surface area contributed by atoms with Gasteiger partial charge in [0.15, 0.2) is 0 Å². The summed E-state index contributed by atoms with van der Waals surface area (Å²) < 4.78 is 15.0. The summed E-state index contributed by atoms with van der Waals surface area (Å²) in [5, 5.41) is 4.20. The number of halogens is 1. The molecule has 0 unspecified atom stereocenters. The Hall–Kier alpha value is -1.64. The molecule has 0 bridgehead atoms. The first-order valence-electron chi connectivity index (χ1n) is 4.49. The Bertz CT molecular complexity index is 434. The van der Waals surface area contributed by atoms with E-state index in [4.69, 9.17) is 0 Å². The second-order valence-corrected chi connectivity index (χ2v) is 3.25. The third-order valence-corrected chi connectivity index (χ3v) is 2.06. The van der Waals surface area contributed by atoms with Crippen LogP contribution in [0, 0.1) is 12.7 Å². The average Bonchev–Trinajstić information content (AvgIpc) is 2.56. The van der Waals surface area contributed by atoms with Crippen molar-refractivity contribution < 1.29 is 4.39 Å². The van der Waals surface area contributed by atoms with Gasteiger partial charge in [0.25, 0.3) is 0 Å². The Kier molecular flexibility index (Phi) is 2.31. The molecule has 0 radical (unpaired) electrons. The first-order chi connectivity index (χ1) is 6.75. The second kappa shape index (κ2) is 3.62. The summed E-state index contributed by atoms with van der Waals surface area (Å²) in [4.78, 5) is 0. The molecule has 0 atom stereocenters. The van der Waals surface area contributed by atoms with Crippen LogP contribution in [0.2, 0.25) is 0 Å². The molecule has 1 aromatic heterocycles. The molecule has 14 heavy (non-hydrogen) atoms. The Labute approximate surface area is 82.0 Å². The van der Waals surface area contributed by atoms with Crippen LogP contribution in [0.3, 0.4) is 0 Å². The number of hydrogen-bond acceptors (Lipinski definition) is 1. The Balaban J connectivity index is 2.23. The summed E-state index contributed by atoms with van der Waals surface area (Å²) >= 11 is 0. The van der Waals surface area contributed by atoms with Crippen molar-refractivity contribution in [2.45, 2.75) is 13.5 Å². The number of aryl methyl sites for hydroxylation is 1. The van der Waals surface area contributed by atoms with E-state index in [9.17, 15) is 4.39 Å². The maximum atomic E-state index is 13.2. The zero-order valence-electron chi connectivity index (χ0n) is 7.94. The fourth-order valence-electron chi connectivity index (χ4n) is 1.35. The minimum atomic E-state index is -0.180. The molecular weight excluding hydrogens is 179 g/mol. The fraction of sp³-hybridized carbons (Fsp3) is 0.182. The van der Waals surface area contributed by atoms with E-state index in [1.165, 1.54) is 6.07 Å². The summed E-state index contributed by atoms with van der Waals surface area (Å²) in [6.07, 6.45) is 1.85. The van der Waals surface area contributed by atoms with Crippen molar-refractivity contribution in [3.63, 3.8) is 0 Å². The highest BCUT2D eigenvalue weighted by Gasteiger charge is 2.01. The molecule has 0 N–H and O–H groups in total. The van der Waals surface area contributed by atoms with E-state index in [1.807, 2.05) is 25.3 Å². The van der Waals surface area contributed by atoms with E-state index in [0.717, 1.165) is 5.69 Å². The molecule has 0 aliphatic heterocycles. The van der Waals surface area contributed by atoms with Gasteiger partial charge in [-0.2, -0.15) is 5.10 Å². The Morgan fingerprint density at radius 1 is 1.29 bits per heavy atom. The number of benzene rings is 1. The Morgan fingerprint density at radius 2 is 2.07 bits per heavy atom. The van der Waals surface area contributed by atoms with Crippen LogP contribution >= 0.6 is 0 Å². The Morgan fingerprint density at radius 3 is 2.71 bits per heavy atom. The predicted octanol–water partition coefficient (Wildman–Crippen LogP) is 2.38. The van der Waals surface area contributed by atoms with Crippen molar-refractivity contribution in [1.82, 2.24) is 9.78 Å². The summed E-state index contributed by atoms with van der Waals surface area (Å²) in [5.41, 5.74) is 1.61. The topological polar surface area (TPSA) is 17.8 Å². The van der Waals surface area contributed by atoms with Crippen LogP contribution in [-0.4, -0.2) is 9.78 Å². The van der Waals surface area contributed by atoms with Crippen molar-refractivity contribution in [3.05, 3.63) is 53.6 Å². The van der Waals surface area contributed by atoms with Crippen LogP contribution in [0.1, 0.15) is 11.3 Å². The zero-order chi connectivity index (χ0) is 9.97. The molecule has 0 spiro atoms. The van der Waals surface area contributed by atoms with Gasteiger partial charge in [0, 0.05) is 11.8 Å². The normalized spacial score (nSPS) is 10.4. The lowest BCUT2D eigenvalue weighted by molar-refractivity contribution is 0.584. The number of aromatic nitrogens is 2. The van der Waals surface area contributed by atoms with Gasteiger partial charge in [0.05, 0.1) is 12.2 Å². The molecule has 0 aliphatic carbocycles. The molecule has 72 valence electrons. The van der Waals surface area contributed by atoms with Gasteiger partial charge in [0.2, 0.25) is 0 Å². The fourth-order valence-corrected chi connectivity index (χ4v) is 1.35. The first-order valence-corrected chi connectivity index (χ1v) is 4.49. The molecule has 0 fully saturated rings. The predicted molar refractivity (Wildman–Crippen MR) is 52.5 cm³/mol. The van der Waals surface area contributed by atoms with Crippen molar-refractivity contribution in [1.29, 1.82) is 0 Å². The SMILES string of the molecule is Cc1ccn(Cc2ccccc2F)n1. The minimum absolute atomic E-state index is 0.180. The van der Waals surface area contributed by atoms with Crippen molar-refractivity contribution >= 4 is 0 Å². The average molecular weight is 190 g/mol. The molecule has 0 saturated heterocycles. The van der Waals surface area contributed by atoms with Crippen molar-refractivity contribution in [3.8, 4) is 0 Å². The van der Waals surface area contributed by atoms with Crippen LogP contribution in [0.25, 0.3) is 0 Å². The quantitative estimate of drug-likeness (QED) is 0.711. The van der Waals surface area contributed by atoms with Gasteiger partial charge in [-0.15, -0.1) is 0 Å². The molecule has 1 aromatic carbocycles. The molecule has 0 aliphatic rings. The van der Waals surface area contributed by atoms with Gasteiger partial charge in [-0.1, -0.05) is 18.2 Å². The first kappa shape index (κ1) is 8.94. The molecule has 0 amide bonds. The smallest absolute Gasteiger partial charge is 0.128 e. The zero-order valence-corrected chi connectivity index (χ0v) is 7.94. The third-order valence-electron chi connectivity index (χ3n) is 2.06. The lowest BCUT2D eigenvalue weighted by Crippen LogP contribution is -2.02. The van der Waals surface area contributed by atoms with E-state index in [2.05, 4.69) is 5.10 Å². The van der Waals surface area contributed by atoms with Gasteiger partial charge in [0.1, 0.15) is 5.82 Å². The second-order valence-electron chi connectivity index (χ2n) is 3.25. The van der Waals surface area contributed by atoms with Crippen LogP contribution in [0.4, 0.5) is 4.39 Å². The van der Waals surface area contributed by atoms with Gasteiger partial charge in [-0.3, -0.25) is 4.68 Å². The van der Waals surface area contributed by atoms with E-state index in [-0.39, 0.29) is 5.82 Å². The highest BCUT2D eigenvalue weighted by Crippen LogP contribution is 2.08. The van der Waals surface area contributed by atoms with Gasteiger partial charge in [-0.05, 0) is 19.1 Å². The van der Waals surface area contributed by atoms with Crippen LogP contribution in [0.15, 0.2) is 36.5 Å². The van der Waals surface area contributed by atoms with Gasteiger partial charge < -0.3 is 0 Å². The third kappa shape index (κ3) is 1.82. The molecule has 2 nitrogen and oxygen atoms in total. The van der Waals surface area contributed by atoms with Crippen molar-refractivity contribution in [2.75, 3.05) is 0 Å². The number of hydrogen-bond donors (Lipinski definition) is 0. The van der Waals surface area contributed by atoms with Crippen LogP contribution in [-0.2, 0) is 6.54 Å². The highest BCUT2D eigenvalue weighted by atomic mass is 19.1. The van der Waals surface area contributed by atoms with E-state index < -0.39 is 0 Å². The molecular formula is C11H11FN2. The minimum Gasteiger partial charge on any atom is -0.268 e. The van der Waals surface area contributed by atoms with E-state index in [0.29, 0.717) is 12.1 Å². The summed E-state index contributed by atoms with van der Waals surface area (Å²) in [7, 11) is 0. The van der Waals surface area contributed by atoms with Crippen LogP contribution < -0.4 is 0 Å². The number of rotatable bonds is 2. The summed E-state index contributed by atoms with van der Waals surface area (Å²) in [6.45, 7) is 2.40. The van der Waals surface area contributed by atoms with Gasteiger partial charge in [-0.25, -0.2) is 4.39 Å². The molecule has 3 heteroatoms. The van der Waals surface area contributed by atoms with Gasteiger partial charge >= 0.3 is 0 Å². The number of nitrogens with zero attached hydrogens (tertiary/aromatic N) is 2. The maximum absolute atomic E-state index is 13.2. The monoisotopic (exact) mass is 190 g/mol. The van der Waals surface area contributed by atoms with E-state index >= 15 is 0 Å².